The average Bonchev–Trinajstić information content (AvgIpc) is 2.52. The Morgan fingerprint density at radius 2 is 1.85 bits per heavy atom. The Labute approximate surface area is 148 Å². The molecule has 0 atom stereocenters. The van der Waals surface area contributed by atoms with Gasteiger partial charge in [0.25, 0.3) is 0 Å². The number of anilines is 1. The van der Waals surface area contributed by atoms with Gasteiger partial charge in [0.05, 0.1) is 12.9 Å². The Bertz CT molecular complexity index is 888. The third-order valence-corrected chi connectivity index (χ3v) is 4.06. The van der Waals surface area contributed by atoms with Crippen LogP contribution >= 0.6 is 0 Å². The second-order valence-corrected chi connectivity index (χ2v) is 7.19. The van der Waals surface area contributed by atoms with Crippen LogP contribution in [0.15, 0.2) is 30.3 Å². The molecule has 0 saturated heterocycles. The standard InChI is InChI=1S/C15H17F3N4O3S/c1-22(8-10-4-3-5-11(6-10)9-26(19,23)24)12-7-13(25-2)21-14(20-12)15(16,17)18/h3-7H,8-9H2,1-2H3,(H2,19,23,24). The van der Waals surface area contributed by atoms with Crippen molar-refractivity contribution < 1.29 is 26.3 Å². The number of primary sulfonamides is 1. The minimum Gasteiger partial charge on any atom is -0.481 e. The van der Waals surface area contributed by atoms with E-state index in [1.807, 2.05) is 0 Å². The summed E-state index contributed by atoms with van der Waals surface area (Å²) >= 11 is 0. The molecule has 0 aliphatic carbocycles. The highest BCUT2D eigenvalue weighted by Crippen LogP contribution is 2.30. The van der Waals surface area contributed by atoms with Crippen LogP contribution < -0.4 is 14.8 Å². The summed E-state index contributed by atoms with van der Waals surface area (Å²) in [6, 6.07) is 7.86. The van der Waals surface area contributed by atoms with Crippen molar-refractivity contribution in [1.82, 2.24) is 9.97 Å². The second kappa shape index (κ2) is 7.46. The zero-order valence-electron chi connectivity index (χ0n) is 14.0. The van der Waals surface area contributed by atoms with Crippen LogP contribution in [0, 0.1) is 0 Å². The summed E-state index contributed by atoms with van der Waals surface area (Å²) in [6.45, 7) is 0.190. The molecule has 1 aromatic heterocycles. The summed E-state index contributed by atoms with van der Waals surface area (Å²) < 4.78 is 65.9. The van der Waals surface area contributed by atoms with E-state index in [1.54, 1.807) is 31.3 Å². The van der Waals surface area contributed by atoms with E-state index >= 15 is 0 Å². The summed E-state index contributed by atoms with van der Waals surface area (Å²) in [7, 11) is -0.920. The minimum absolute atomic E-state index is 0.0148. The predicted octanol–water partition coefficient (Wildman–Crippen LogP) is 1.93. The lowest BCUT2D eigenvalue weighted by Crippen LogP contribution is -2.21. The van der Waals surface area contributed by atoms with E-state index in [0.29, 0.717) is 11.1 Å². The number of methoxy groups -OCH3 is 1. The normalized spacial score (nSPS) is 12.1. The first-order chi connectivity index (χ1) is 12.0. The van der Waals surface area contributed by atoms with Crippen LogP contribution in [0.2, 0.25) is 0 Å². The molecule has 0 radical (unpaired) electrons. The van der Waals surface area contributed by atoms with Gasteiger partial charge in [-0.15, -0.1) is 0 Å². The molecule has 2 rings (SSSR count). The predicted molar refractivity (Wildman–Crippen MR) is 88.9 cm³/mol. The van der Waals surface area contributed by atoms with Gasteiger partial charge in [-0.1, -0.05) is 24.3 Å². The Morgan fingerprint density at radius 3 is 2.42 bits per heavy atom. The van der Waals surface area contributed by atoms with E-state index in [4.69, 9.17) is 9.88 Å². The van der Waals surface area contributed by atoms with Crippen LogP contribution in [0.1, 0.15) is 17.0 Å². The van der Waals surface area contributed by atoms with Gasteiger partial charge in [0.2, 0.25) is 21.7 Å². The van der Waals surface area contributed by atoms with Gasteiger partial charge in [-0.25, -0.2) is 18.5 Å². The average molecular weight is 390 g/mol. The van der Waals surface area contributed by atoms with Crippen LogP contribution in [0.3, 0.4) is 0 Å². The molecule has 7 nitrogen and oxygen atoms in total. The molecule has 0 bridgehead atoms. The fourth-order valence-corrected chi connectivity index (χ4v) is 2.89. The van der Waals surface area contributed by atoms with E-state index in [0.717, 1.165) is 0 Å². The Kier molecular flexibility index (Phi) is 5.71. The SMILES string of the molecule is COc1cc(N(C)Cc2cccc(CS(N)(=O)=O)c2)nc(C(F)(F)F)n1. The number of hydrogen-bond acceptors (Lipinski definition) is 6. The van der Waals surface area contributed by atoms with Gasteiger partial charge in [-0.2, -0.15) is 18.2 Å². The first kappa shape index (κ1) is 19.9. The smallest absolute Gasteiger partial charge is 0.451 e. The van der Waals surface area contributed by atoms with E-state index in [9.17, 15) is 21.6 Å². The molecule has 2 aromatic rings. The number of benzene rings is 1. The van der Waals surface area contributed by atoms with Crippen LogP contribution in [0.4, 0.5) is 19.0 Å². The maximum Gasteiger partial charge on any atom is 0.451 e. The number of rotatable bonds is 6. The van der Waals surface area contributed by atoms with Crippen LogP contribution in [-0.2, 0) is 28.5 Å². The Morgan fingerprint density at radius 1 is 1.19 bits per heavy atom. The maximum absolute atomic E-state index is 12.9. The number of aromatic nitrogens is 2. The van der Waals surface area contributed by atoms with Crippen LogP contribution in [-0.4, -0.2) is 32.5 Å². The van der Waals surface area contributed by atoms with Crippen molar-refractivity contribution in [3.63, 3.8) is 0 Å². The third-order valence-electron chi connectivity index (χ3n) is 3.32. The van der Waals surface area contributed by atoms with Gasteiger partial charge in [-0.05, 0) is 11.1 Å². The van der Waals surface area contributed by atoms with Crippen molar-refractivity contribution in [3.05, 3.63) is 47.3 Å². The van der Waals surface area contributed by atoms with Gasteiger partial charge in [-0.3, -0.25) is 0 Å². The van der Waals surface area contributed by atoms with E-state index in [1.165, 1.54) is 18.1 Å². The first-order valence-corrected chi connectivity index (χ1v) is 8.99. The summed E-state index contributed by atoms with van der Waals surface area (Å²) in [5.41, 5.74) is 1.16. The van der Waals surface area contributed by atoms with Gasteiger partial charge in [0.1, 0.15) is 5.82 Å². The molecule has 11 heteroatoms. The van der Waals surface area contributed by atoms with Gasteiger partial charge < -0.3 is 9.64 Å². The molecular formula is C15H17F3N4O3S. The van der Waals surface area contributed by atoms with E-state index in [-0.39, 0.29) is 24.0 Å². The molecule has 0 fully saturated rings. The number of nitrogens with zero attached hydrogens (tertiary/aromatic N) is 3. The molecule has 0 aliphatic rings. The molecule has 0 spiro atoms. The quantitative estimate of drug-likeness (QED) is 0.809. The number of sulfonamides is 1. The van der Waals surface area contributed by atoms with Gasteiger partial charge in [0, 0.05) is 19.7 Å². The highest BCUT2D eigenvalue weighted by atomic mass is 32.2. The fraction of sp³-hybridized carbons (Fsp3) is 0.333. The molecule has 1 heterocycles. The molecular weight excluding hydrogens is 373 g/mol. The highest BCUT2D eigenvalue weighted by Gasteiger charge is 2.36. The summed E-state index contributed by atoms with van der Waals surface area (Å²) in [4.78, 5) is 8.29. The number of alkyl halides is 3. The largest absolute Gasteiger partial charge is 0.481 e. The molecule has 142 valence electrons. The van der Waals surface area contributed by atoms with Crippen molar-refractivity contribution >= 4 is 15.8 Å². The van der Waals surface area contributed by atoms with Crippen LogP contribution in [0.5, 0.6) is 5.88 Å². The Hall–Kier alpha value is -2.40. The number of hydrogen-bond donors (Lipinski definition) is 1. The van der Waals surface area contributed by atoms with Gasteiger partial charge >= 0.3 is 6.18 Å². The summed E-state index contributed by atoms with van der Waals surface area (Å²) in [5, 5.41) is 5.02. The van der Waals surface area contributed by atoms with E-state index < -0.39 is 22.0 Å². The monoisotopic (exact) mass is 390 g/mol. The lowest BCUT2D eigenvalue weighted by molar-refractivity contribution is -0.145. The third kappa shape index (κ3) is 5.56. The summed E-state index contributed by atoms with van der Waals surface area (Å²) in [5.74, 6) is -1.83. The highest BCUT2D eigenvalue weighted by molar-refractivity contribution is 7.88. The molecule has 0 aliphatic heterocycles. The Balaban J connectivity index is 2.27. The number of nitrogens with two attached hydrogens (primary N) is 1. The lowest BCUT2D eigenvalue weighted by Gasteiger charge is -2.20. The molecule has 0 saturated carbocycles. The number of halogens is 3. The van der Waals surface area contributed by atoms with Crippen molar-refractivity contribution in [2.75, 3.05) is 19.1 Å². The van der Waals surface area contributed by atoms with E-state index in [2.05, 4.69) is 9.97 Å². The molecule has 2 N–H and O–H groups in total. The molecule has 0 unspecified atom stereocenters. The maximum atomic E-state index is 12.9. The zero-order valence-corrected chi connectivity index (χ0v) is 14.8. The minimum atomic E-state index is -4.71. The lowest BCUT2D eigenvalue weighted by atomic mass is 10.1. The second-order valence-electron chi connectivity index (χ2n) is 5.57. The van der Waals surface area contributed by atoms with Crippen molar-refractivity contribution in [2.45, 2.75) is 18.5 Å². The molecule has 26 heavy (non-hydrogen) atoms. The molecule has 0 amide bonds. The first-order valence-electron chi connectivity index (χ1n) is 7.27. The van der Waals surface area contributed by atoms with Crippen molar-refractivity contribution in [3.8, 4) is 5.88 Å². The topological polar surface area (TPSA) is 98.4 Å². The summed E-state index contributed by atoms with van der Waals surface area (Å²) in [6.07, 6.45) is -4.71. The fourth-order valence-electron chi connectivity index (χ4n) is 2.24. The number of ether oxygens (including phenoxy) is 1. The molecule has 1 aromatic carbocycles. The van der Waals surface area contributed by atoms with Crippen molar-refractivity contribution in [2.24, 2.45) is 5.14 Å². The van der Waals surface area contributed by atoms with Gasteiger partial charge in [0.15, 0.2) is 0 Å². The zero-order chi connectivity index (χ0) is 19.5. The van der Waals surface area contributed by atoms with Crippen molar-refractivity contribution in [1.29, 1.82) is 0 Å². The van der Waals surface area contributed by atoms with Crippen LogP contribution in [0.25, 0.3) is 0 Å².